The van der Waals surface area contributed by atoms with Gasteiger partial charge in [0.15, 0.2) is 0 Å². The lowest BCUT2D eigenvalue weighted by Gasteiger charge is -2.31. The third-order valence-electron chi connectivity index (χ3n) is 4.11. The maximum absolute atomic E-state index is 12.2. The number of hydrogen-bond donors (Lipinski definition) is 3. The molecule has 0 aromatic heterocycles. The van der Waals surface area contributed by atoms with Crippen LogP contribution in [0.3, 0.4) is 0 Å². The Balaban J connectivity index is 2.10. The van der Waals surface area contributed by atoms with Crippen LogP contribution in [0, 0.1) is 5.92 Å². The van der Waals surface area contributed by atoms with Crippen LogP contribution in [0.4, 0.5) is 4.79 Å². The van der Waals surface area contributed by atoms with Gasteiger partial charge in [0.25, 0.3) is 0 Å². The largest absolute Gasteiger partial charge is 0.444 e. The van der Waals surface area contributed by atoms with Crippen molar-refractivity contribution in [3.8, 4) is 0 Å². The monoisotopic (exact) mass is 334 g/mol. The Hall–Kier alpha value is -2.08. The number of primary amides is 1. The molecule has 0 saturated heterocycles. The molecule has 1 aliphatic carbocycles. The van der Waals surface area contributed by atoms with Crippen LogP contribution in [-0.4, -0.2) is 34.9 Å². The van der Waals surface area contributed by atoms with E-state index in [-0.39, 0.29) is 17.9 Å². The first-order valence-electron chi connectivity index (χ1n) is 8.27. The van der Waals surface area contributed by atoms with Gasteiger partial charge in [0.05, 0.1) is 0 Å². The average Bonchev–Trinajstić information content (AvgIpc) is 3.29. The summed E-state index contributed by atoms with van der Waals surface area (Å²) in [7, 11) is 0. The molecule has 1 aromatic carbocycles. The summed E-state index contributed by atoms with van der Waals surface area (Å²) in [5.74, 6) is -0.756. The molecule has 2 amide bonds. The van der Waals surface area contributed by atoms with E-state index in [2.05, 4.69) is 5.32 Å². The number of carbonyl (C=O) groups is 2. The minimum atomic E-state index is -1.17. The smallest absolute Gasteiger partial charge is 0.405 e. The summed E-state index contributed by atoms with van der Waals surface area (Å²) in [5.41, 5.74) is 5.25. The molecule has 0 aliphatic heterocycles. The molecule has 2 rings (SSSR count). The molecule has 132 valence electrons. The van der Waals surface area contributed by atoms with Crippen LogP contribution < -0.4 is 11.1 Å². The fourth-order valence-corrected chi connectivity index (χ4v) is 2.89. The highest BCUT2D eigenvalue weighted by molar-refractivity contribution is 5.81. The summed E-state index contributed by atoms with van der Waals surface area (Å²) in [6, 6.07) is 9.80. The summed E-state index contributed by atoms with van der Waals surface area (Å²) in [5, 5.41) is 13.4. The van der Waals surface area contributed by atoms with Gasteiger partial charge in [0, 0.05) is 12.0 Å². The summed E-state index contributed by atoms with van der Waals surface area (Å²) in [6.07, 6.45) is 0.711. The summed E-state index contributed by atoms with van der Waals surface area (Å²) in [4.78, 5) is 23.3. The number of nitrogens with one attached hydrogen (secondary N) is 1. The van der Waals surface area contributed by atoms with Crippen molar-refractivity contribution in [1.82, 2.24) is 5.32 Å². The van der Waals surface area contributed by atoms with Crippen LogP contribution in [0.2, 0.25) is 0 Å². The predicted molar refractivity (Wildman–Crippen MR) is 90.2 cm³/mol. The second-order valence-corrected chi connectivity index (χ2v) is 7.06. The minimum absolute atomic E-state index is 0.180. The molecule has 1 fully saturated rings. The van der Waals surface area contributed by atoms with Gasteiger partial charge in [-0.1, -0.05) is 30.3 Å². The molecule has 1 aromatic rings. The van der Waals surface area contributed by atoms with E-state index in [9.17, 15) is 14.7 Å². The number of amides is 2. The number of hydrogen-bond acceptors (Lipinski definition) is 4. The highest BCUT2D eigenvalue weighted by atomic mass is 16.6. The quantitative estimate of drug-likeness (QED) is 0.674. The van der Waals surface area contributed by atoms with Crippen molar-refractivity contribution >= 4 is 12.0 Å². The third-order valence-corrected chi connectivity index (χ3v) is 4.11. The molecule has 6 nitrogen and oxygen atoms in total. The van der Waals surface area contributed by atoms with E-state index in [4.69, 9.17) is 10.5 Å². The van der Waals surface area contributed by atoms with E-state index in [0.717, 1.165) is 18.4 Å². The SMILES string of the molecule is CC(C)(CC(Cc1ccccc1)[C@H](O)C(=O)NC1CC1)OC(N)=O. The van der Waals surface area contributed by atoms with Crippen molar-refractivity contribution in [2.45, 2.75) is 57.3 Å². The van der Waals surface area contributed by atoms with Gasteiger partial charge >= 0.3 is 6.09 Å². The van der Waals surface area contributed by atoms with E-state index in [0.29, 0.717) is 12.8 Å². The first-order chi connectivity index (χ1) is 11.3. The highest BCUT2D eigenvalue weighted by Gasteiger charge is 2.35. The predicted octanol–water partition coefficient (Wildman–Crippen LogP) is 1.75. The lowest BCUT2D eigenvalue weighted by molar-refractivity contribution is -0.133. The standard InChI is InChI=1S/C18H26N2O4/c1-18(2,24-17(19)23)11-13(10-12-6-4-3-5-7-12)15(21)16(22)20-14-8-9-14/h3-7,13-15,21H,8-11H2,1-2H3,(H2,19,23)(H,20,22)/t13?,15-/m0/s1. The van der Waals surface area contributed by atoms with Crippen molar-refractivity contribution in [3.63, 3.8) is 0 Å². The van der Waals surface area contributed by atoms with Crippen LogP contribution in [-0.2, 0) is 16.0 Å². The molecule has 6 heteroatoms. The fourth-order valence-electron chi connectivity index (χ4n) is 2.89. The molecule has 2 atom stereocenters. The molecule has 0 bridgehead atoms. The molecule has 1 unspecified atom stereocenters. The van der Waals surface area contributed by atoms with Gasteiger partial charge in [-0.15, -0.1) is 0 Å². The molecule has 1 aliphatic rings. The Bertz CT molecular complexity index is 570. The lowest BCUT2D eigenvalue weighted by atomic mass is 9.84. The molecule has 4 N–H and O–H groups in total. The van der Waals surface area contributed by atoms with Gasteiger partial charge in [-0.3, -0.25) is 4.79 Å². The van der Waals surface area contributed by atoms with Gasteiger partial charge in [-0.05, 0) is 45.1 Å². The summed E-state index contributed by atoms with van der Waals surface area (Å²) in [6.45, 7) is 3.45. The number of benzene rings is 1. The van der Waals surface area contributed by atoms with E-state index >= 15 is 0 Å². The minimum Gasteiger partial charge on any atom is -0.444 e. The van der Waals surface area contributed by atoms with Crippen LogP contribution >= 0.6 is 0 Å². The average molecular weight is 334 g/mol. The van der Waals surface area contributed by atoms with Gasteiger partial charge in [0.1, 0.15) is 11.7 Å². The Labute approximate surface area is 142 Å². The molecule has 0 spiro atoms. The second-order valence-electron chi connectivity index (χ2n) is 7.06. The highest BCUT2D eigenvalue weighted by Crippen LogP contribution is 2.27. The molecule has 1 saturated carbocycles. The van der Waals surface area contributed by atoms with Gasteiger partial charge in [-0.2, -0.15) is 0 Å². The summed E-state index contributed by atoms with van der Waals surface area (Å²) < 4.78 is 5.13. The van der Waals surface area contributed by atoms with Crippen LogP contribution in [0.25, 0.3) is 0 Å². The summed E-state index contributed by atoms with van der Waals surface area (Å²) >= 11 is 0. The normalized spacial score (nSPS) is 17.0. The molecule has 0 radical (unpaired) electrons. The zero-order valence-electron chi connectivity index (χ0n) is 14.2. The lowest BCUT2D eigenvalue weighted by Crippen LogP contribution is -2.44. The third kappa shape index (κ3) is 5.85. The number of nitrogens with two attached hydrogens (primary N) is 1. The zero-order valence-corrected chi connectivity index (χ0v) is 14.2. The maximum atomic E-state index is 12.2. The van der Waals surface area contributed by atoms with Crippen LogP contribution in [0.5, 0.6) is 0 Å². The Morgan fingerprint density at radius 1 is 1.33 bits per heavy atom. The van der Waals surface area contributed by atoms with E-state index in [1.807, 2.05) is 30.3 Å². The van der Waals surface area contributed by atoms with Gasteiger partial charge in [-0.25, -0.2) is 4.79 Å². The zero-order chi connectivity index (χ0) is 17.7. The second kappa shape index (κ2) is 7.66. The van der Waals surface area contributed by atoms with E-state index in [1.165, 1.54) is 0 Å². The Kier molecular flexibility index (Phi) is 5.83. The first-order valence-corrected chi connectivity index (χ1v) is 8.27. The number of aliphatic hydroxyl groups excluding tert-OH is 1. The van der Waals surface area contributed by atoms with Crippen LogP contribution in [0.15, 0.2) is 30.3 Å². The molecular formula is C18H26N2O4. The first kappa shape index (κ1) is 18.3. The number of aliphatic hydroxyl groups is 1. The van der Waals surface area contributed by atoms with Gasteiger partial charge in [0.2, 0.25) is 5.91 Å². The Morgan fingerprint density at radius 3 is 2.50 bits per heavy atom. The number of rotatable bonds is 8. The van der Waals surface area contributed by atoms with Crippen molar-refractivity contribution in [2.24, 2.45) is 11.7 Å². The van der Waals surface area contributed by atoms with E-state index < -0.39 is 17.8 Å². The number of carbonyl (C=O) groups excluding carboxylic acids is 2. The van der Waals surface area contributed by atoms with Crippen molar-refractivity contribution in [1.29, 1.82) is 0 Å². The van der Waals surface area contributed by atoms with Crippen molar-refractivity contribution in [2.75, 3.05) is 0 Å². The Morgan fingerprint density at radius 2 is 1.96 bits per heavy atom. The number of ether oxygens (including phenoxy) is 1. The van der Waals surface area contributed by atoms with Gasteiger partial charge < -0.3 is 20.9 Å². The maximum Gasteiger partial charge on any atom is 0.405 e. The molecule has 24 heavy (non-hydrogen) atoms. The van der Waals surface area contributed by atoms with E-state index in [1.54, 1.807) is 13.8 Å². The van der Waals surface area contributed by atoms with Crippen LogP contribution in [0.1, 0.15) is 38.7 Å². The topological polar surface area (TPSA) is 102 Å². The van der Waals surface area contributed by atoms with Crippen molar-refractivity contribution in [3.05, 3.63) is 35.9 Å². The molecular weight excluding hydrogens is 308 g/mol. The molecule has 0 heterocycles. The van der Waals surface area contributed by atoms with Crippen molar-refractivity contribution < 1.29 is 19.4 Å². The fraction of sp³-hybridized carbons (Fsp3) is 0.556.